The summed E-state index contributed by atoms with van der Waals surface area (Å²) >= 11 is 0. The van der Waals surface area contributed by atoms with E-state index < -0.39 is 5.91 Å². The first kappa shape index (κ1) is 17.5. The minimum Gasteiger partial charge on any atom is -0.438 e. The van der Waals surface area contributed by atoms with Gasteiger partial charge in [-0.1, -0.05) is 37.3 Å². The van der Waals surface area contributed by atoms with E-state index in [9.17, 15) is 4.79 Å². The molecule has 2 aromatic carbocycles. The number of nitrogens with zero attached hydrogens (tertiary/aromatic N) is 2. The highest BCUT2D eigenvalue weighted by atomic mass is 16.5. The first-order valence-corrected chi connectivity index (χ1v) is 9.27. The molecule has 0 spiro atoms. The molecule has 1 atom stereocenters. The number of carbonyl (C=O) groups excluding carboxylic acids is 1. The lowest BCUT2D eigenvalue weighted by atomic mass is 10.0. The largest absolute Gasteiger partial charge is 0.438 e. The third-order valence-electron chi connectivity index (χ3n) is 5.11. The van der Waals surface area contributed by atoms with Gasteiger partial charge >= 0.3 is 0 Å². The van der Waals surface area contributed by atoms with Crippen LogP contribution in [0.25, 0.3) is 10.8 Å². The van der Waals surface area contributed by atoms with Crippen molar-refractivity contribution in [2.75, 3.05) is 13.1 Å². The van der Waals surface area contributed by atoms with E-state index in [1.165, 1.54) is 23.6 Å². The van der Waals surface area contributed by atoms with Crippen LogP contribution in [-0.4, -0.2) is 28.9 Å². The number of aromatic nitrogens is 1. The Morgan fingerprint density at radius 1 is 1.19 bits per heavy atom. The van der Waals surface area contributed by atoms with Gasteiger partial charge in [0.05, 0.1) is 5.56 Å². The van der Waals surface area contributed by atoms with E-state index in [0.29, 0.717) is 11.4 Å². The summed E-state index contributed by atoms with van der Waals surface area (Å²) in [7, 11) is 0. The highest BCUT2D eigenvalue weighted by Crippen LogP contribution is 2.32. The van der Waals surface area contributed by atoms with Crippen molar-refractivity contribution >= 4 is 16.7 Å². The zero-order chi connectivity index (χ0) is 18.8. The van der Waals surface area contributed by atoms with Crippen molar-refractivity contribution in [3.63, 3.8) is 0 Å². The van der Waals surface area contributed by atoms with Gasteiger partial charge in [0, 0.05) is 30.7 Å². The predicted octanol–water partition coefficient (Wildman–Crippen LogP) is 3.97. The summed E-state index contributed by atoms with van der Waals surface area (Å²) in [6.07, 6.45) is 2.70. The van der Waals surface area contributed by atoms with Crippen molar-refractivity contribution in [1.29, 1.82) is 0 Å². The van der Waals surface area contributed by atoms with Gasteiger partial charge in [-0.15, -0.1) is 0 Å². The average molecular weight is 361 g/mol. The Hall–Kier alpha value is -2.92. The number of ether oxygens (including phenoxy) is 1. The second-order valence-electron chi connectivity index (χ2n) is 7.25. The van der Waals surface area contributed by atoms with E-state index >= 15 is 0 Å². The summed E-state index contributed by atoms with van der Waals surface area (Å²) in [6.45, 7) is 5.58. The van der Waals surface area contributed by atoms with Crippen molar-refractivity contribution < 1.29 is 9.53 Å². The predicted molar refractivity (Wildman–Crippen MR) is 106 cm³/mol. The van der Waals surface area contributed by atoms with Gasteiger partial charge in [-0.25, -0.2) is 4.98 Å². The van der Waals surface area contributed by atoms with E-state index in [4.69, 9.17) is 10.5 Å². The summed E-state index contributed by atoms with van der Waals surface area (Å²) in [5.41, 5.74) is 6.93. The lowest BCUT2D eigenvalue weighted by Gasteiger charge is -2.17. The molecule has 0 unspecified atom stereocenters. The highest BCUT2D eigenvalue weighted by molar-refractivity contribution is 5.92. The SMILES string of the molecule is C[C@@H]1CCN(Cc2cccc3c(Oc4ccc(C(N)=O)cn4)cccc23)C1. The summed E-state index contributed by atoms with van der Waals surface area (Å²) < 4.78 is 5.99. The second kappa shape index (κ2) is 7.37. The van der Waals surface area contributed by atoms with Crippen molar-refractivity contribution in [2.24, 2.45) is 11.7 Å². The zero-order valence-electron chi connectivity index (χ0n) is 15.4. The van der Waals surface area contributed by atoms with Crippen LogP contribution in [0, 0.1) is 5.92 Å². The first-order chi connectivity index (χ1) is 13.1. The quantitative estimate of drug-likeness (QED) is 0.747. The van der Waals surface area contributed by atoms with Crippen LogP contribution in [0.1, 0.15) is 29.3 Å². The number of likely N-dealkylation sites (tertiary alicyclic amines) is 1. The lowest BCUT2D eigenvalue weighted by molar-refractivity contribution is 0.1000. The number of primary amides is 1. The van der Waals surface area contributed by atoms with Gasteiger partial charge in [-0.3, -0.25) is 9.69 Å². The Morgan fingerprint density at radius 3 is 2.70 bits per heavy atom. The molecule has 138 valence electrons. The topological polar surface area (TPSA) is 68.5 Å². The summed E-state index contributed by atoms with van der Waals surface area (Å²) in [5, 5.41) is 2.26. The molecular formula is C22H23N3O2. The monoisotopic (exact) mass is 361 g/mol. The Labute approximate surface area is 158 Å². The van der Waals surface area contributed by atoms with Crippen LogP contribution in [-0.2, 0) is 6.54 Å². The van der Waals surface area contributed by atoms with Crippen molar-refractivity contribution in [2.45, 2.75) is 19.9 Å². The number of nitrogens with two attached hydrogens (primary N) is 1. The maximum atomic E-state index is 11.2. The van der Waals surface area contributed by atoms with E-state index in [-0.39, 0.29) is 0 Å². The van der Waals surface area contributed by atoms with Crippen LogP contribution in [0.2, 0.25) is 0 Å². The molecular weight excluding hydrogens is 338 g/mol. The number of carbonyl (C=O) groups is 1. The average Bonchev–Trinajstić information content (AvgIpc) is 3.08. The van der Waals surface area contributed by atoms with Crippen LogP contribution < -0.4 is 10.5 Å². The second-order valence-corrected chi connectivity index (χ2v) is 7.25. The molecule has 1 aliphatic heterocycles. The number of amides is 1. The van der Waals surface area contributed by atoms with Gasteiger partial charge in [0.25, 0.3) is 0 Å². The standard InChI is InChI=1S/C22H23N3O2/c1-15-10-11-25(13-15)14-17-4-2-6-19-18(17)5-3-7-20(19)27-21-9-8-16(12-24-21)22(23)26/h2-9,12,15H,10-11,13-14H2,1H3,(H2,23,26)/t15-/m1/s1. The molecule has 5 heteroatoms. The van der Waals surface area contributed by atoms with Crippen molar-refractivity contribution in [1.82, 2.24) is 9.88 Å². The van der Waals surface area contributed by atoms with Gasteiger partial charge < -0.3 is 10.5 Å². The molecule has 0 saturated carbocycles. The van der Waals surface area contributed by atoms with Crippen LogP contribution in [0.4, 0.5) is 0 Å². The Bertz CT molecular complexity index is 969. The van der Waals surface area contributed by atoms with E-state index in [1.54, 1.807) is 12.1 Å². The van der Waals surface area contributed by atoms with Gasteiger partial charge in [0.15, 0.2) is 0 Å². The Balaban J connectivity index is 1.62. The van der Waals surface area contributed by atoms with Gasteiger partial charge in [-0.2, -0.15) is 0 Å². The molecule has 1 aliphatic rings. The molecule has 4 rings (SSSR count). The maximum absolute atomic E-state index is 11.2. The van der Waals surface area contributed by atoms with E-state index in [1.807, 2.05) is 12.1 Å². The smallest absolute Gasteiger partial charge is 0.250 e. The molecule has 1 fully saturated rings. The summed E-state index contributed by atoms with van der Waals surface area (Å²) in [4.78, 5) is 17.9. The molecule has 2 N–H and O–H groups in total. The highest BCUT2D eigenvalue weighted by Gasteiger charge is 2.19. The molecule has 1 saturated heterocycles. The van der Waals surface area contributed by atoms with Gasteiger partial charge in [0.1, 0.15) is 5.75 Å². The fourth-order valence-corrected chi connectivity index (χ4v) is 3.68. The number of hydrogen-bond donors (Lipinski definition) is 1. The van der Waals surface area contributed by atoms with Crippen LogP contribution in [0.15, 0.2) is 54.7 Å². The van der Waals surface area contributed by atoms with Crippen LogP contribution in [0.5, 0.6) is 11.6 Å². The molecule has 1 amide bonds. The summed E-state index contributed by atoms with van der Waals surface area (Å²) in [6, 6.07) is 15.7. The van der Waals surface area contributed by atoms with Crippen LogP contribution >= 0.6 is 0 Å². The number of fused-ring (bicyclic) bond motifs is 1. The van der Waals surface area contributed by atoms with Gasteiger partial charge in [-0.05, 0) is 42.0 Å². The number of pyridine rings is 1. The zero-order valence-corrected chi connectivity index (χ0v) is 15.4. The molecule has 2 heterocycles. The first-order valence-electron chi connectivity index (χ1n) is 9.27. The third-order valence-corrected chi connectivity index (χ3v) is 5.11. The normalized spacial score (nSPS) is 17.3. The van der Waals surface area contributed by atoms with Gasteiger partial charge in [0.2, 0.25) is 11.8 Å². The fourth-order valence-electron chi connectivity index (χ4n) is 3.68. The Morgan fingerprint density at radius 2 is 2.00 bits per heavy atom. The van der Waals surface area contributed by atoms with E-state index in [2.05, 4.69) is 41.1 Å². The van der Waals surface area contributed by atoms with Crippen molar-refractivity contribution in [3.8, 4) is 11.6 Å². The fraction of sp³-hybridized carbons (Fsp3) is 0.273. The molecule has 0 aliphatic carbocycles. The molecule has 5 nitrogen and oxygen atoms in total. The molecule has 0 bridgehead atoms. The molecule has 27 heavy (non-hydrogen) atoms. The van der Waals surface area contributed by atoms with Crippen LogP contribution in [0.3, 0.4) is 0 Å². The van der Waals surface area contributed by atoms with E-state index in [0.717, 1.165) is 36.7 Å². The van der Waals surface area contributed by atoms with Crippen molar-refractivity contribution in [3.05, 3.63) is 65.9 Å². The number of benzene rings is 2. The molecule has 1 aromatic heterocycles. The number of hydrogen-bond acceptors (Lipinski definition) is 4. The Kier molecular flexibility index (Phi) is 4.77. The molecule has 3 aromatic rings. The summed E-state index contributed by atoms with van der Waals surface area (Å²) in [5.74, 6) is 1.46. The lowest BCUT2D eigenvalue weighted by Crippen LogP contribution is -2.19. The minimum absolute atomic E-state index is 0.363. The third kappa shape index (κ3) is 3.78. The molecule has 0 radical (unpaired) electrons. The maximum Gasteiger partial charge on any atom is 0.250 e. The number of rotatable bonds is 5. The minimum atomic E-state index is -0.500.